The predicted molar refractivity (Wildman–Crippen MR) is 141 cm³/mol. The fourth-order valence-corrected chi connectivity index (χ4v) is 4.38. The summed E-state index contributed by atoms with van der Waals surface area (Å²) >= 11 is 19.3. The van der Waals surface area contributed by atoms with E-state index < -0.39 is 0 Å². The molecule has 0 spiro atoms. The largest absolute Gasteiger partial charge is 0.497 e. The molecule has 4 aromatic rings. The standard InChI is InChI=1S/C24H18Cl3N5O2S/c1-34-20-10-3-15(4-11-20)23-30-31-24(32(23)19-8-6-17(25)7-9-19)35-14-22(33)29-28-13-16-2-5-18(26)12-21(16)27/h2-13H,14H2,1H3,(H,29,33)/b28-13-. The van der Waals surface area contributed by atoms with E-state index in [1.54, 1.807) is 37.4 Å². The molecule has 0 atom stereocenters. The third-order valence-corrected chi connectivity index (χ3v) is 6.50. The molecule has 0 aliphatic carbocycles. The molecule has 0 unspecified atom stereocenters. The average molecular weight is 547 g/mol. The minimum atomic E-state index is -0.312. The smallest absolute Gasteiger partial charge is 0.250 e. The molecule has 0 radical (unpaired) electrons. The van der Waals surface area contributed by atoms with E-state index in [4.69, 9.17) is 39.5 Å². The summed E-state index contributed by atoms with van der Waals surface area (Å²) in [6.07, 6.45) is 1.46. The third kappa shape index (κ3) is 6.35. The second kappa shape index (κ2) is 11.6. The highest BCUT2D eigenvalue weighted by Crippen LogP contribution is 2.29. The van der Waals surface area contributed by atoms with Crippen molar-refractivity contribution in [1.29, 1.82) is 0 Å². The summed E-state index contributed by atoms with van der Waals surface area (Å²) in [6, 6.07) is 19.8. The van der Waals surface area contributed by atoms with Crippen LogP contribution in [0.3, 0.4) is 0 Å². The highest BCUT2D eigenvalue weighted by atomic mass is 35.5. The van der Waals surface area contributed by atoms with Gasteiger partial charge in [-0.05, 0) is 60.7 Å². The van der Waals surface area contributed by atoms with Gasteiger partial charge < -0.3 is 4.74 Å². The van der Waals surface area contributed by atoms with Crippen LogP contribution in [0.2, 0.25) is 15.1 Å². The first-order valence-corrected chi connectivity index (χ1v) is 12.3. The highest BCUT2D eigenvalue weighted by molar-refractivity contribution is 7.99. The van der Waals surface area contributed by atoms with Crippen molar-refractivity contribution >= 4 is 58.7 Å². The second-order valence-electron chi connectivity index (χ2n) is 7.09. The number of aromatic nitrogens is 3. The number of amides is 1. The van der Waals surface area contributed by atoms with Gasteiger partial charge in [0.05, 0.1) is 24.1 Å². The van der Waals surface area contributed by atoms with Crippen molar-refractivity contribution < 1.29 is 9.53 Å². The van der Waals surface area contributed by atoms with Crippen molar-refractivity contribution in [3.05, 3.63) is 87.4 Å². The topological polar surface area (TPSA) is 81.4 Å². The number of rotatable bonds is 8. The third-order valence-electron chi connectivity index (χ3n) is 4.75. The van der Waals surface area contributed by atoms with Gasteiger partial charge in [-0.1, -0.05) is 52.6 Å². The second-order valence-corrected chi connectivity index (χ2v) is 9.32. The van der Waals surface area contributed by atoms with Crippen LogP contribution in [0, 0.1) is 0 Å². The summed E-state index contributed by atoms with van der Waals surface area (Å²) in [6.45, 7) is 0. The van der Waals surface area contributed by atoms with Gasteiger partial charge in [0, 0.05) is 26.9 Å². The average Bonchev–Trinajstić information content (AvgIpc) is 3.28. The molecule has 35 heavy (non-hydrogen) atoms. The predicted octanol–water partition coefficient (Wildman–Crippen LogP) is 6.15. The lowest BCUT2D eigenvalue weighted by atomic mass is 10.2. The normalized spacial score (nSPS) is 11.1. The zero-order chi connectivity index (χ0) is 24.8. The summed E-state index contributed by atoms with van der Waals surface area (Å²) in [7, 11) is 1.61. The van der Waals surface area contributed by atoms with E-state index in [1.165, 1.54) is 18.0 Å². The quantitative estimate of drug-likeness (QED) is 0.163. The van der Waals surface area contributed by atoms with E-state index in [1.807, 2.05) is 41.0 Å². The lowest BCUT2D eigenvalue weighted by molar-refractivity contribution is -0.118. The summed E-state index contributed by atoms with van der Waals surface area (Å²) in [4.78, 5) is 12.4. The number of hydrazone groups is 1. The molecular weight excluding hydrogens is 529 g/mol. The van der Waals surface area contributed by atoms with Gasteiger partial charge in [0.2, 0.25) is 0 Å². The van der Waals surface area contributed by atoms with Gasteiger partial charge in [-0.15, -0.1) is 10.2 Å². The number of methoxy groups -OCH3 is 1. The van der Waals surface area contributed by atoms with Crippen LogP contribution in [0.5, 0.6) is 5.75 Å². The molecule has 0 aliphatic rings. The number of thioether (sulfide) groups is 1. The SMILES string of the molecule is COc1ccc(-c2nnc(SCC(=O)N/N=C\c3ccc(Cl)cc3Cl)n2-c2ccc(Cl)cc2)cc1. The molecule has 7 nitrogen and oxygen atoms in total. The molecule has 4 rings (SSSR count). The Hall–Kier alpha value is -3.04. The van der Waals surface area contributed by atoms with Gasteiger partial charge in [-0.3, -0.25) is 9.36 Å². The number of hydrogen-bond donors (Lipinski definition) is 1. The van der Waals surface area contributed by atoms with Crippen LogP contribution in [0.1, 0.15) is 5.56 Å². The van der Waals surface area contributed by atoms with E-state index in [2.05, 4.69) is 20.7 Å². The van der Waals surface area contributed by atoms with E-state index >= 15 is 0 Å². The maximum absolute atomic E-state index is 12.4. The minimum absolute atomic E-state index is 0.0695. The van der Waals surface area contributed by atoms with Crippen molar-refractivity contribution in [1.82, 2.24) is 20.2 Å². The van der Waals surface area contributed by atoms with E-state index in [9.17, 15) is 4.79 Å². The van der Waals surface area contributed by atoms with Gasteiger partial charge in [0.25, 0.3) is 5.91 Å². The number of nitrogens with one attached hydrogen (secondary N) is 1. The summed E-state index contributed by atoms with van der Waals surface area (Å²) in [5.41, 5.74) is 4.78. The first-order chi connectivity index (χ1) is 16.9. The van der Waals surface area contributed by atoms with Crippen LogP contribution in [0.4, 0.5) is 0 Å². The Morgan fingerprint density at radius 2 is 1.74 bits per heavy atom. The van der Waals surface area contributed by atoms with Gasteiger partial charge >= 0.3 is 0 Å². The van der Waals surface area contributed by atoms with Crippen molar-refractivity contribution in [3.63, 3.8) is 0 Å². The first-order valence-electron chi connectivity index (χ1n) is 10.2. The molecule has 1 heterocycles. The van der Waals surface area contributed by atoms with Crippen LogP contribution >= 0.6 is 46.6 Å². The molecule has 0 saturated heterocycles. The van der Waals surface area contributed by atoms with E-state index in [-0.39, 0.29) is 11.7 Å². The molecule has 0 fully saturated rings. The van der Waals surface area contributed by atoms with Crippen molar-refractivity contribution in [2.75, 3.05) is 12.9 Å². The monoisotopic (exact) mass is 545 g/mol. The number of halogens is 3. The van der Waals surface area contributed by atoms with Crippen LogP contribution < -0.4 is 10.2 Å². The zero-order valence-electron chi connectivity index (χ0n) is 18.3. The Bertz CT molecular complexity index is 1360. The molecule has 3 aromatic carbocycles. The maximum Gasteiger partial charge on any atom is 0.250 e. The fraction of sp³-hybridized carbons (Fsp3) is 0.0833. The van der Waals surface area contributed by atoms with Crippen LogP contribution in [0.25, 0.3) is 17.1 Å². The number of ether oxygens (including phenoxy) is 1. The van der Waals surface area contributed by atoms with Gasteiger partial charge in [0.1, 0.15) is 5.75 Å². The van der Waals surface area contributed by atoms with Gasteiger partial charge in [-0.2, -0.15) is 5.10 Å². The number of hydrogen-bond acceptors (Lipinski definition) is 6. The van der Waals surface area contributed by atoms with E-state index in [0.29, 0.717) is 31.6 Å². The Labute approximate surface area is 221 Å². The van der Waals surface area contributed by atoms with Crippen molar-refractivity contribution in [2.24, 2.45) is 5.10 Å². The first kappa shape index (κ1) is 25.1. The maximum atomic E-state index is 12.4. The minimum Gasteiger partial charge on any atom is -0.497 e. The number of benzene rings is 3. The lowest BCUT2D eigenvalue weighted by Gasteiger charge is -2.11. The Morgan fingerprint density at radius 1 is 1.03 bits per heavy atom. The number of carbonyl (C=O) groups excluding carboxylic acids is 1. The van der Waals surface area contributed by atoms with Gasteiger partial charge in [0.15, 0.2) is 11.0 Å². The molecule has 1 amide bonds. The zero-order valence-corrected chi connectivity index (χ0v) is 21.4. The summed E-state index contributed by atoms with van der Waals surface area (Å²) in [5, 5.41) is 14.8. The molecule has 11 heteroatoms. The van der Waals surface area contributed by atoms with Crippen molar-refractivity contribution in [3.8, 4) is 22.8 Å². The molecule has 0 bridgehead atoms. The number of nitrogens with zero attached hydrogens (tertiary/aromatic N) is 4. The number of carbonyl (C=O) groups is 1. The van der Waals surface area contributed by atoms with Crippen molar-refractivity contribution in [2.45, 2.75) is 5.16 Å². The summed E-state index contributed by atoms with van der Waals surface area (Å²) < 4.78 is 7.11. The lowest BCUT2D eigenvalue weighted by Crippen LogP contribution is -2.20. The summed E-state index contributed by atoms with van der Waals surface area (Å²) in [5.74, 6) is 1.11. The molecular formula is C24H18Cl3N5O2S. The fourth-order valence-electron chi connectivity index (χ4n) is 3.06. The molecule has 1 aromatic heterocycles. The van der Waals surface area contributed by atoms with Crippen LogP contribution in [-0.2, 0) is 4.79 Å². The Morgan fingerprint density at radius 3 is 2.43 bits per heavy atom. The molecule has 178 valence electrons. The molecule has 0 aliphatic heterocycles. The van der Waals surface area contributed by atoms with Crippen LogP contribution in [-0.4, -0.2) is 39.7 Å². The molecule has 1 N–H and O–H groups in total. The highest BCUT2D eigenvalue weighted by Gasteiger charge is 2.17. The van der Waals surface area contributed by atoms with Crippen LogP contribution in [0.15, 0.2) is 77.0 Å². The van der Waals surface area contributed by atoms with E-state index in [0.717, 1.165) is 17.0 Å². The van der Waals surface area contributed by atoms with Gasteiger partial charge in [-0.25, -0.2) is 5.43 Å². The Kier molecular flexibility index (Phi) is 8.30. The molecule has 0 saturated carbocycles. The Balaban J connectivity index is 1.51.